The van der Waals surface area contributed by atoms with Gasteiger partial charge >= 0.3 is 0 Å². The topological polar surface area (TPSA) is 92.5 Å². The van der Waals surface area contributed by atoms with Crippen LogP contribution in [0.5, 0.6) is 0 Å². The molecule has 24 heavy (non-hydrogen) atoms. The van der Waals surface area contributed by atoms with Gasteiger partial charge in [-0.05, 0) is 44.0 Å². The maximum atomic E-state index is 12.2. The Kier molecular flexibility index (Phi) is 7.95. The standard InChI is InChI=1S/C15H22ClN3O3S.ClH/c1-11-7-12(9-17)10-19(11)15(20)5-6-18-23(21,22)14-4-2-3-13(16)8-14;/h2-4,8,11-12,18H,5-7,9-10,17H2,1H3;1H. The number of sulfonamides is 1. The van der Waals surface area contributed by atoms with Gasteiger partial charge in [-0.25, -0.2) is 13.1 Å². The van der Waals surface area contributed by atoms with Gasteiger partial charge in [0.05, 0.1) is 4.90 Å². The Balaban J connectivity index is 0.00000288. The molecule has 0 aromatic heterocycles. The molecule has 0 bridgehead atoms. The van der Waals surface area contributed by atoms with Crippen LogP contribution in [-0.4, -0.2) is 44.9 Å². The monoisotopic (exact) mass is 395 g/mol. The molecular weight excluding hydrogens is 373 g/mol. The number of likely N-dealkylation sites (tertiary alicyclic amines) is 1. The number of rotatable bonds is 6. The van der Waals surface area contributed by atoms with Crippen LogP contribution in [0.3, 0.4) is 0 Å². The van der Waals surface area contributed by atoms with Crippen LogP contribution in [0.1, 0.15) is 19.8 Å². The van der Waals surface area contributed by atoms with Gasteiger partial charge in [0.1, 0.15) is 0 Å². The Hall–Kier alpha value is -0.860. The lowest BCUT2D eigenvalue weighted by Gasteiger charge is -2.21. The van der Waals surface area contributed by atoms with Crippen molar-refractivity contribution < 1.29 is 13.2 Å². The van der Waals surface area contributed by atoms with Crippen molar-refractivity contribution in [3.63, 3.8) is 0 Å². The molecule has 1 heterocycles. The summed E-state index contributed by atoms with van der Waals surface area (Å²) < 4.78 is 26.7. The molecule has 0 spiro atoms. The van der Waals surface area contributed by atoms with Crippen LogP contribution in [-0.2, 0) is 14.8 Å². The highest BCUT2D eigenvalue weighted by molar-refractivity contribution is 7.89. The summed E-state index contributed by atoms with van der Waals surface area (Å²) in [7, 11) is -3.66. The second-order valence-electron chi connectivity index (χ2n) is 5.84. The zero-order valence-corrected chi connectivity index (χ0v) is 15.8. The van der Waals surface area contributed by atoms with Gasteiger partial charge < -0.3 is 10.6 Å². The lowest BCUT2D eigenvalue weighted by atomic mass is 10.1. The van der Waals surface area contributed by atoms with Crippen LogP contribution < -0.4 is 10.5 Å². The highest BCUT2D eigenvalue weighted by Crippen LogP contribution is 2.22. The molecule has 9 heteroatoms. The third kappa shape index (κ3) is 5.32. The van der Waals surface area contributed by atoms with E-state index in [-0.39, 0.29) is 42.2 Å². The van der Waals surface area contributed by atoms with Gasteiger partial charge in [0, 0.05) is 30.6 Å². The fourth-order valence-electron chi connectivity index (χ4n) is 2.81. The molecule has 2 unspecified atom stereocenters. The molecule has 0 aliphatic carbocycles. The molecule has 0 saturated carbocycles. The predicted octanol–water partition coefficient (Wildman–Crippen LogP) is 1.63. The summed E-state index contributed by atoms with van der Waals surface area (Å²) in [5, 5.41) is 0.350. The number of nitrogens with one attached hydrogen (secondary N) is 1. The molecule has 1 aliphatic heterocycles. The van der Waals surface area contributed by atoms with Crippen molar-refractivity contribution in [1.82, 2.24) is 9.62 Å². The molecule has 1 amide bonds. The highest BCUT2D eigenvalue weighted by Gasteiger charge is 2.31. The van der Waals surface area contributed by atoms with Crippen molar-refractivity contribution in [2.45, 2.75) is 30.7 Å². The Morgan fingerprint density at radius 3 is 2.75 bits per heavy atom. The van der Waals surface area contributed by atoms with Gasteiger partial charge in [-0.3, -0.25) is 4.79 Å². The third-order valence-electron chi connectivity index (χ3n) is 4.05. The first kappa shape index (κ1) is 21.2. The molecule has 2 atom stereocenters. The maximum Gasteiger partial charge on any atom is 0.240 e. The minimum atomic E-state index is -3.66. The first-order chi connectivity index (χ1) is 10.8. The first-order valence-electron chi connectivity index (χ1n) is 7.58. The fraction of sp³-hybridized carbons (Fsp3) is 0.533. The van der Waals surface area contributed by atoms with Crippen molar-refractivity contribution in [2.24, 2.45) is 11.7 Å². The average molecular weight is 396 g/mol. The van der Waals surface area contributed by atoms with Crippen LogP contribution in [0.2, 0.25) is 5.02 Å². The van der Waals surface area contributed by atoms with Crippen LogP contribution in [0.25, 0.3) is 0 Å². The summed E-state index contributed by atoms with van der Waals surface area (Å²) in [6.07, 6.45) is 1.03. The number of carbonyl (C=O) groups excluding carboxylic acids is 1. The van der Waals surface area contributed by atoms with E-state index < -0.39 is 10.0 Å². The number of hydrogen-bond donors (Lipinski definition) is 2. The largest absolute Gasteiger partial charge is 0.340 e. The molecule has 6 nitrogen and oxygen atoms in total. The molecule has 2 rings (SSSR count). The van der Waals surface area contributed by atoms with Crippen molar-refractivity contribution in [3.05, 3.63) is 29.3 Å². The molecule has 1 saturated heterocycles. The molecule has 3 N–H and O–H groups in total. The van der Waals surface area contributed by atoms with Gasteiger partial charge in [0.25, 0.3) is 0 Å². The fourth-order valence-corrected chi connectivity index (χ4v) is 4.15. The Morgan fingerprint density at radius 2 is 2.17 bits per heavy atom. The zero-order chi connectivity index (χ0) is 17.0. The Morgan fingerprint density at radius 1 is 1.46 bits per heavy atom. The first-order valence-corrected chi connectivity index (χ1v) is 9.44. The summed E-state index contributed by atoms with van der Waals surface area (Å²) in [5.74, 6) is 0.277. The summed E-state index contributed by atoms with van der Waals surface area (Å²) in [6.45, 7) is 3.26. The number of halogens is 2. The molecule has 1 aliphatic rings. The molecule has 136 valence electrons. The van der Waals surface area contributed by atoms with E-state index in [9.17, 15) is 13.2 Å². The molecule has 0 radical (unpaired) electrons. The van der Waals surface area contributed by atoms with Gasteiger partial charge in [0.15, 0.2) is 0 Å². The summed E-state index contributed by atoms with van der Waals surface area (Å²) in [6, 6.07) is 6.17. The summed E-state index contributed by atoms with van der Waals surface area (Å²) in [4.78, 5) is 14.1. The van der Waals surface area contributed by atoms with Gasteiger partial charge in [-0.1, -0.05) is 17.7 Å². The van der Waals surface area contributed by atoms with E-state index in [1.165, 1.54) is 12.1 Å². The van der Waals surface area contributed by atoms with Crippen molar-refractivity contribution in [2.75, 3.05) is 19.6 Å². The van der Waals surface area contributed by atoms with E-state index in [1.807, 2.05) is 6.92 Å². The number of benzene rings is 1. The van der Waals surface area contributed by atoms with E-state index in [0.717, 1.165) is 6.42 Å². The Labute approximate surface area is 154 Å². The van der Waals surface area contributed by atoms with Gasteiger partial charge in [-0.2, -0.15) is 0 Å². The van der Waals surface area contributed by atoms with Crippen LogP contribution in [0, 0.1) is 5.92 Å². The number of nitrogens with zero attached hydrogens (tertiary/aromatic N) is 1. The molecular formula is C15H23Cl2N3O3S. The number of amides is 1. The minimum absolute atomic E-state index is 0. The number of nitrogens with two attached hydrogens (primary N) is 1. The van der Waals surface area contributed by atoms with Crippen LogP contribution in [0.4, 0.5) is 0 Å². The lowest BCUT2D eigenvalue weighted by molar-refractivity contribution is -0.131. The van der Waals surface area contributed by atoms with Crippen LogP contribution in [0.15, 0.2) is 29.2 Å². The maximum absolute atomic E-state index is 12.2. The SMILES string of the molecule is CC1CC(CN)CN1C(=O)CCNS(=O)(=O)c1cccc(Cl)c1.Cl. The second-order valence-corrected chi connectivity index (χ2v) is 8.04. The molecule has 1 aromatic rings. The van der Waals surface area contributed by atoms with E-state index >= 15 is 0 Å². The van der Waals surface area contributed by atoms with E-state index in [1.54, 1.807) is 17.0 Å². The average Bonchev–Trinajstić information content (AvgIpc) is 2.88. The summed E-state index contributed by atoms with van der Waals surface area (Å²) >= 11 is 5.80. The quantitative estimate of drug-likeness (QED) is 0.765. The van der Waals surface area contributed by atoms with E-state index in [4.69, 9.17) is 17.3 Å². The van der Waals surface area contributed by atoms with Gasteiger partial charge in [-0.15, -0.1) is 12.4 Å². The summed E-state index contributed by atoms with van der Waals surface area (Å²) in [5.41, 5.74) is 5.65. The lowest BCUT2D eigenvalue weighted by Crippen LogP contribution is -2.37. The van der Waals surface area contributed by atoms with Crippen molar-refractivity contribution in [1.29, 1.82) is 0 Å². The van der Waals surface area contributed by atoms with Gasteiger partial charge in [0.2, 0.25) is 15.9 Å². The van der Waals surface area contributed by atoms with E-state index in [2.05, 4.69) is 4.72 Å². The highest BCUT2D eigenvalue weighted by atomic mass is 35.5. The number of carbonyl (C=O) groups is 1. The third-order valence-corrected chi connectivity index (χ3v) is 5.75. The predicted molar refractivity (Wildman–Crippen MR) is 96.8 cm³/mol. The normalized spacial score (nSPS) is 20.7. The van der Waals surface area contributed by atoms with E-state index in [0.29, 0.717) is 24.0 Å². The second kappa shape index (κ2) is 9.01. The molecule has 1 fully saturated rings. The van der Waals surface area contributed by atoms with Crippen LogP contribution >= 0.6 is 24.0 Å². The molecule has 1 aromatic carbocycles. The minimum Gasteiger partial charge on any atom is -0.340 e. The van der Waals surface area contributed by atoms with Crippen molar-refractivity contribution in [3.8, 4) is 0 Å². The zero-order valence-electron chi connectivity index (χ0n) is 13.4. The smallest absolute Gasteiger partial charge is 0.240 e. The Bertz CT molecular complexity index is 670. The van der Waals surface area contributed by atoms with Crippen molar-refractivity contribution >= 4 is 39.9 Å². The number of hydrogen-bond acceptors (Lipinski definition) is 4.